The van der Waals surface area contributed by atoms with Gasteiger partial charge in [0.1, 0.15) is 0 Å². The first-order valence-corrected chi connectivity index (χ1v) is 14.5. The molecule has 5 heteroatoms. The van der Waals surface area contributed by atoms with E-state index in [0.717, 1.165) is 6.61 Å². The standard InChI is InChI=1S/C30H51N3O.ClH/c1-5-8-17-31-19-21-32(22-20-31)29-12-11-26(33-18-9-10-27(33)24-34-4)23-28(29)25-13-15-30(6-2,7-3)16-14-25;/h11-12,23,25,27H,5-10,13-22,24H2,1-4H3;1H/t27-;/m0./s1. The van der Waals surface area contributed by atoms with Gasteiger partial charge in [-0.05, 0) is 86.6 Å². The quantitative estimate of drug-likeness (QED) is 0.337. The molecule has 4 nitrogen and oxygen atoms in total. The van der Waals surface area contributed by atoms with Crippen LogP contribution in [-0.4, -0.2) is 63.9 Å². The molecule has 2 saturated heterocycles. The number of piperazine rings is 1. The van der Waals surface area contributed by atoms with Crippen molar-refractivity contribution in [3.8, 4) is 0 Å². The van der Waals surface area contributed by atoms with Gasteiger partial charge >= 0.3 is 0 Å². The van der Waals surface area contributed by atoms with Crippen molar-refractivity contribution in [2.24, 2.45) is 5.41 Å². The van der Waals surface area contributed by atoms with Gasteiger partial charge in [0, 0.05) is 51.2 Å². The van der Waals surface area contributed by atoms with Crippen molar-refractivity contribution in [2.75, 3.05) is 62.8 Å². The van der Waals surface area contributed by atoms with Crippen molar-refractivity contribution >= 4 is 23.8 Å². The number of ether oxygens (including phenoxy) is 1. The van der Waals surface area contributed by atoms with Crippen LogP contribution in [0.5, 0.6) is 0 Å². The molecule has 0 amide bonds. The first kappa shape index (κ1) is 28.6. The van der Waals surface area contributed by atoms with Crippen LogP contribution < -0.4 is 9.80 Å². The molecule has 0 bridgehead atoms. The summed E-state index contributed by atoms with van der Waals surface area (Å²) in [5.74, 6) is 0.711. The molecule has 1 aliphatic carbocycles. The summed E-state index contributed by atoms with van der Waals surface area (Å²) in [5.41, 5.74) is 5.20. The monoisotopic (exact) mass is 505 g/mol. The SMILES string of the molecule is CCCCN1CCN(c2ccc(N3CCC[C@H]3COC)cc2C2CCC(CC)(CC)CC2)CC1.Cl. The summed E-state index contributed by atoms with van der Waals surface area (Å²) in [6, 6.07) is 8.03. The predicted molar refractivity (Wildman–Crippen MR) is 154 cm³/mol. The van der Waals surface area contributed by atoms with E-state index in [4.69, 9.17) is 4.74 Å². The summed E-state index contributed by atoms with van der Waals surface area (Å²) in [6.07, 6.45) is 13.4. The molecule has 200 valence electrons. The minimum absolute atomic E-state index is 0. The number of nitrogens with zero attached hydrogens (tertiary/aromatic N) is 3. The third kappa shape index (κ3) is 6.67. The van der Waals surface area contributed by atoms with E-state index in [1.807, 2.05) is 7.11 Å². The first-order chi connectivity index (χ1) is 16.6. The number of methoxy groups -OCH3 is 1. The number of hydrogen-bond acceptors (Lipinski definition) is 4. The first-order valence-electron chi connectivity index (χ1n) is 14.5. The van der Waals surface area contributed by atoms with Gasteiger partial charge in [0.05, 0.1) is 12.6 Å². The highest BCUT2D eigenvalue weighted by Crippen LogP contribution is 2.49. The largest absolute Gasteiger partial charge is 0.383 e. The van der Waals surface area contributed by atoms with Gasteiger partial charge < -0.3 is 14.5 Å². The lowest BCUT2D eigenvalue weighted by atomic mass is 9.66. The summed E-state index contributed by atoms with van der Waals surface area (Å²) in [6.45, 7) is 15.2. The van der Waals surface area contributed by atoms with Crippen LogP contribution >= 0.6 is 12.4 Å². The maximum absolute atomic E-state index is 5.57. The van der Waals surface area contributed by atoms with E-state index < -0.39 is 0 Å². The molecule has 2 heterocycles. The van der Waals surface area contributed by atoms with Gasteiger partial charge in [-0.1, -0.05) is 40.0 Å². The van der Waals surface area contributed by atoms with Gasteiger partial charge in [0.15, 0.2) is 0 Å². The lowest BCUT2D eigenvalue weighted by Gasteiger charge is -2.42. The number of rotatable bonds is 10. The van der Waals surface area contributed by atoms with Gasteiger partial charge in [0.2, 0.25) is 0 Å². The van der Waals surface area contributed by atoms with E-state index in [1.165, 1.54) is 115 Å². The van der Waals surface area contributed by atoms with Crippen molar-refractivity contribution in [3.63, 3.8) is 0 Å². The number of anilines is 2. The third-order valence-corrected chi connectivity index (χ3v) is 9.61. The summed E-state index contributed by atoms with van der Waals surface area (Å²) in [5, 5.41) is 0. The Labute approximate surface area is 222 Å². The Balaban J connectivity index is 0.00000342. The van der Waals surface area contributed by atoms with Crippen LogP contribution in [0.4, 0.5) is 11.4 Å². The smallest absolute Gasteiger partial charge is 0.0666 e. The Morgan fingerprint density at radius 2 is 1.66 bits per heavy atom. The maximum atomic E-state index is 5.57. The zero-order chi connectivity index (χ0) is 24.0. The molecule has 4 rings (SSSR count). The van der Waals surface area contributed by atoms with E-state index in [-0.39, 0.29) is 12.4 Å². The fraction of sp³-hybridized carbons (Fsp3) is 0.800. The molecular formula is C30H52ClN3O. The normalized spacial score (nSPS) is 23.5. The summed E-state index contributed by atoms with van der Waals surface area (Å²) < 4.78 is 5.57. The molecule has 1 aromatic carbocycles. The van der Waals surface area contributed by atoms with Crippen LogP contribution in [-0.2, 0) is 4.74 Å². The lowest BCUT2D eigenvalue weighted by molar-refractivity contribution is 0.159. The van der Waals surface area contributed by atoms with Crippen LogP contribution in [0.25, 0.3) is 0 Å². The Bertz CT molecular complexity index is 750. The molecule has 2 aliphatic heterocycles. The average Bonchev–Trinajstić information content (AvgIpc) is 3.36. The van der Waals surface area contributed by atoms with Gasteiger partial charge in [-0.2, -0.15) is 0 Å². The van der Waals surface area contributed by atoms with Crippen LogP contribution in [0, 0.1) is 5.41 Å². The second kappa shape index (κ2) is 13.5. The second-order valence-corrected chi connectivity index (χ2v) is 11.4. The third-order valence-electron chi connectivity index (χ3n) is 9.61. The zero-order valence-corrected chi connectivity index (χ0v) is 23.9. The topological polar surface area (TPSA) is 19.0 Å². The fourth-order valence-electron chi connectivity index (χ4n) is 6.97. The molecular weight excluding hydrogens is 454 g/mol. The van der Waals surface area contributed by atoms with Crippen LogP contribution in [0.3, 0.4) is 0 Å². The van der Waals surface area contributed by atoms with E-state index >= 15 is 0 Å². The molecule has 0 N–H and O–H groups in total. The van der Waals surface area contributed by atoms with E-state index in [2.05, 4.69) is 53.7 Å². The molecule has 0 aromatic heterocycles. The molecule has 1 aromatic rings. The average molecular weight is 506 g/mol. The van der Waals surface area contributed by atoms with Crippen LogP contribution in [0.1, 0.15) is 96.5 Å². The number of unbranched alkanes of at least 4 members (excludes halogenated alkanes) is 1. The molecule has 3 aliphatic rings. The van der Waals surface area contributed by atoms with Gasteiger partial charge in [-0.15, -0.1) is 12.4 Å². The van der Waals surface area contributed by atoms with Crippen molar-refractivity contribution in [3.05, 3.63) is 23.8 Å². The molecule has 0 radical (unpaired) electrons. The molecule has 3 fully saturated rings. The van der Waals surface area contributed by atoms with Crippen LogP contribution in [0.15, 0.2) is 18.2 Å². The van der Waals surface area contributed by atoms with Gasteiger partial charge in [-0.3, -0.25) is 4.90 Å². The summed E-state index contributed by atoms with van der Waals surface area (Å²) >= 11 is 0. The number of halogens is 1. The van der Waals surface area contributed by atoms with Crippen molar-refractivity contribution in [1.82, 2.24) is 4.90 Å². The van der Waals surface area contributed by atoms with E-state index in [0.29, 0.717) is 17.4 Å². The van der Waals surface area contributed by atoms with E-state index in [9.17, 15) is 0 Å². The summed E-state index contributed by atoms with van der Waals surface area (Å²) in [7, 11) is 1.85. The minimum Gasteiger partial charge on any atom is -0.383 e. The molecule has 0 spiro atoms. The Hall–Kier alpha value is -0.970. The lowest BCUT2D eigenvalue weighted by Crippen LogP contribution is -2.47. The second-order valence-electron chi connectivity index (χ2n) is 11.4. The van der Waals surface area contributed by atoms with E-state index in [1.54, 1.807) is 5.56 Å². The Kier molecular flexibility index (Phi) is 11.1. The van der Waals surface area contributed by atoms with Crippen molar-refractivity contribution in [1.29, 1.82) is 0 Å². The molecule has 1 atom stereocenters. The Morgan fingerprint density at radius 3 is 2.29 bits per heavy atom. The molecule has 0 unspecified atom stereocenters. The fourth-order valence-corrected chi connectivity index (χ4v) is 6.97. The van der Waals surface area contributed by atoms with Crippen molar-refractivity contribution in [2.45, 2.75) is 96.9 Å². The van der Waals surface area contributed by atoms with Crippen LogP contribution in [0.2, 0.25) is 0 Å². The highest BCUT2D eigenvalue weighted by Gasteiger charge is 2.35. The maximum Gasteiger partial charge on any atom is 0.0666 e. The van der Waals surface area contributed by atoms with Crippen molar-refractivity contribution < 1.29 is 4.74 Å². The number of benzene rings is 1. The highest BCUT2D eigenvalue weighted by molar-refractivity contribution is 5.85. The Morgan fingerprint density at radius 1 is 0.943 bits per heavy atom. The zero-order valence-electron chi connectivity index (χ0n) is 23.1. The molecule has 1 saturated carbocycles. The summed E-state index contributed by atoms with van der Waals surface area (Å²) in [4.78, 5) is 8.01. The minimum atomic E-state index is 0. The van der Waals surface area contributed by atoms with Gasteiger partial charge in [0.25, 0.3) is 0 Å². The highest BCUT2D eigenvalue weighted by atomic mass is 35.5. The predicted octanol–water partition coefficient (Wildman–Crippen LogP) is 7.11. The molecule has 35 heavy (non-hydrogen) atoms. The number of hydrogen-bond donors (Lipinski definition) is 0. The van der Waals surface area contributed by atoms with Gasteiger partial charge in [-0.25, -0.2) is 0 Å².